The summed E-state index contributed by atoms with van der Waals surface area (Å²) in [5.41, 5.74) is 0. The molecule has 1 rings (SSSR count). The average Bonchev–Trinajstić information content (AvgIpc) is 2.45. The standard InChI is InChI=1S/C12H23F2N/c1-8(2)11-10(12(5,13)14)6-7-15(11)9(3)4/h8-11H,6-7H2,1-5H3. The number of rotatable bonds is 3. The highest BCUT2D eigenvalue weighted by molar-refractivity contribution is 4.95. The monoisotopic (exact) mass is 219 g/mol. The van der Waals surface area contributed by atoms with Crippen LogP contribution >= 0.6 is 0 Å². The Morgan fingerprint density at radius 3 is 2.07 bits per heavy atom. The molecule has 1 aliphatic heterocycles. The normalized spacial score (nSPS) is 29.4. The number of halogens is 2. The largest absolute Gasteiger partial charge is 0.297 e. The molecule has 1 saturated heterocycles. The van der Waals surface area contributed by atoms with Gasteiger partial charge in [0.2, 0.25) is 5.92 Å². The van der Waals surface area contributed by atoms with Gasteiger partial charge in [-0.15, -0.1) is 0 Å². The van der Waals surface area contributed by atoms with E-state index in [1.165, 1.54) is 0 Å². The fourth-order valence-electron chi connectivity index (χ4n) is 2.84. The van der Waals surface area contributed by atoms with E-state index in [0.717, 1.165) is 13.5 Å². The second-order valence-corrected chi connectivity index (χ2v) is 5.42. The third-order valence-electron chi connectivity index (χ3n) is 3.49. The highest BCUT2D eigenvalue weighted by atomic mass is 19.3. The molecule has 0 amide bonds. The van der Waals surface area contributed by atoms with Gasteiger partial charge in [-0.1, -0.05) is 13.8 Å². The maximum Gasteiger partial charge on any atom is 0.249 e. The van der Waals surface area contributed by atoms with Crippen LogP contribution in [0.15, 0.2) is 0 Å². The summed E-state index contributed by atoms with van der Waals surface area (Å²) >= 11 is 0. The molecular weight excluding hydrogens is 196 g/mol. The van der Waals surface area contributed by atoms with Crippen molar-refractivity contribution < 1.29 is 8.78 Å². The maximum absolute atomic E-state index is 13.4. The fraction of sp³-hybridized carbons (Fsp3) is 1.00. The van der Waals surface area contributed by atoms with E-state index in [4.69, 9.17) is 0 Å². The lowest BCUT2D eigenvalue weighted by Crippen LogP contribution is -2.45. The molecule has 0 spiro atoms. The first kappa shape index (κ1) is 12.9. The van der Waals surface area contributed by atoms with E-state index in [0.29, 0.717) is 18.4 Å². The molecule has 0 aromatic carbocycles. The van der Waals surface area contributed by atoms with E-state index >= 15 is 0 Å². The molecule has 1 fully saturated rings. The smallest absolute Gasteiger partial charge is 0.249 e. The van der Waals surface area contributed by atoms with Crippen LogP contribution in [0.3, 0.4) is 0 Å². The molecule has 0 bridgehead atoms. The molecule has 0 radical (unpaired) electrons. The molecule has 2 atom stereocenters. The van der Waals surface area contributed by atoms with E-state index < -0.39 is 11.8 Å². The van der Waals surface area contributed by atoms with Crippen LogP contribution in [0.2, 0.25) is 0 Å². The van der Waals surface area contributed by atoms with Gasteiger partial charge in [0, 0.05) is 18.0 Å². The summed E-state index contributed by atoms with van der Waals surface area (Å²) in [5.74, 6) is -2.72. The zero-order valence-electron chi connectivity index (χ0n) is 10.4. The minimum atomic E-state index is -2.54. The SMILES string of the molecule is CC(C)C1C(C(C)(F)F)CCN1C(C)C. The molecule has 2 unspecified atom stereocenters. The lowest BCUT2D eigenvalue weighted by molar-refractivity contribution is -0.0616. The summed E-state index contributed by atoms with van der Waals surface area (Å²) in [7, 11) is 0. The molecule has 0 aromatic heterocycles. The van der Waals surface area contributed by atoms with Gasteiger partial charge < -0.3 is 0 Å². The number of hydrogen-bond donors (Lipinski definition) is 0. The van der Waals surface area contributed by atoms with Crippen molar-refractivity contribution in [2.75, 3.05) is 6.54 Å². The first-order valence-corrected chi connectivity index (χ1v) is 5.88. The Morgan fingerprint density at radius 2 is 1.73 bits per heavy atom. The molecule has 90 valence electrons. The van der Waals surface area contributed by atoms with Crippen molar-refractivity contribution in [3.8, 4) is 0 Å². The van der Waals surface area contributed by atoms with E-state index in [9.17, 15) is 8.78 Å². The summed E-state index contributed by atoms with van der Waals surface area (Å²) in [6, 6.07) is 0.398. The highest BCUT2D eigenvalue weighted by Gasteiger charge is 2.47. The summed E-state index contributed by atoms with van der Waals surface area (Å²) < 4.78 is 26.9. The van der Waals surface area contributed by atoms with Gasteiger partial charge in [0.1, 0.15) is 0 Å². The third kappa shape index (κ3) is 2.68. The number of nitrogens with zero attached hydrogens (tertiary/aromatic N) is 1. The van der Waals surface area contributed by atoms with Crippen molar-refractivity contribution >= 4 is 0 Å². The van der Waals surface area contributed by atoms with Crippen LogP contribution in [0.5, 0.6) is 0 Å². The van der Waals surface area contributed by atoms with E-state index in [2.05, 4.69) is 18.7 Å². The Hall–Kier alpha value is -0.180. The van der Waals surface area contributed by atoms with Gasteiger partial charge in [0.25, 0.3) is 0 Å². The lowest BCUT2D eigenvalue weighted by atomic mass is 9.86. The van der Waals surface area contributed by atoms with Crippen LogP contribution in [-0.4, -0.2) is 29.5 Å². The third-order valence-corrected chi connectivity index (χ3v) is 3.49. The number of alkyl halides is 2. The molecule has 1 aliphatic rings. The van der Waals surface area contributed by atoms with Gasteiger partial charge in [-0.2, -0.15) is 0 Å². The molecule has 0 N–H and O–H groups in total. The maximum atomic E-state index is 13.4. The molecule has 1 nitrogen and oxygen atoms in total. The van der Waals surface area contributed by atoms with Crippen molar-refractivity contribution in [2.45, 2.75) is 59.0 Å². The molecule has 0 saturated carbocycles. The van der Waals surface area contributed by atoms with Gasteiger partial charge in [-0.3, -0.25) is 4.90 Å². The first-order valence-electron chi connectivity index (χ1n) is 5.88. The van der Waals surface area contributed by atoms with Gasteiger partial charge >= 0.3 is 0 Å². The Balaban J connectivity index is 2.85. The van der Waals surface area contributed by atoms with Crippen molar-refractivity contribution in [1.82, 2.24) is 4.90 Å². The minimum absolute atomic E-state index is 0.0324. The van der Waals surface area contributed by atoms with Gasteiger partial charge in [0.15, 0.2) is 0 Å². The highest BCUT2D eigenvalue weighted by Crippen LogP contribution is 2.40. The molecule has 15 heavy (non-hydrogen) atoms. The van der Waals surface area contributed by atoms with Crippen molar-refractivity contribution in [1.29, 1.82) is 0 Å². The van der Waals surface area contributed by atoms with E-state index in [1.54, 1.807) is 0 Å². The van der Waals surface area contributed by atoms with Crippen molar-refractivity contribution in [2.24, 2.45) is 11.8 Å². The quantitative estimate of drug-likeness (QED) is 0.703. The van der Waals surface area contributed by atoms with Gasteiger partial charge in [-0.05, 0) is 39.7 Å². The molecule has 0 aromatic rings. The van der Waals surface area contributed by atoms with Gasteiger partial charge in [0.05, 0.1) is 0 Å². The fourth-order valence-corrected chi connectivity index (χ4v) is 2.84. The average molecular weight is 219 g/mol. The van der Waals surface area contributed by atoms with Crippen LogP contribution in [0, 0.1) is 11.8 Å². The summed E-state index contributed by atoms with van der Waals surface area (Å²) in [4.78, 5) is 2.23. The molecular formula is C12H23F2N. The zero-order chi connectivity index (χ0) is 11.8. The Kier molecular flexibility index (Phi) is 3.75. The first-order chi connectivity index (χ1) is 6.75. The topological polar surface area (TPSA) is 3.24 Å². The Morgan fingerprint density at radius 1 is 1.20 bits per heavy atom. The van der Waals surface area contributed by atoms with Crippen molar-refractivity contribution in [3.05, 3.63) is 0 Å². The number of likely N-dealkylation sites (tertiary alicyclic amines) is 1. The van der Waals surface area contributed by atoms with Crippen molar-refractivity contribution in [3.63, 3.8) is 0 Å². The van der Waals surface area contributed by atoms with Crippen LogP contribution in [0.1, 0.15) is 41.0 Å². The van der Waals surface area contributed by atoms with Crippen LogP contribution in [-0.2, 0) is 0 Å². The molecule has 3 heteroatoms. The zero-order valence-corrected chi connectivity index (χ0v) is 10.4. The predicted octanol–water partition coefficient (Wildman–Crippen LogP) is 3.40. The van der Waals surface area contributed by atoms with Gasteiger partial charge in [-0.25, -0.2) is 8.78 Å². The van der Waals surface area contributed by atoms with Crippen LogP contribution in [0.4, 0.5) is 8.78 Å². The second-order valence-electron chi connectivity index (χ2n) is 5.42. The lowest BCUT2D eigenvalue weighted by Gasteiger charge is -2.36. The molecule has 1 heterocycles. The molecule has 0 aliphatic carbocycles. The Bertz CT molecular complexity index is 208. The number of hydrogen-bond acceptors (Lipinski definition) is 1. The second kappa shape index (κ2) is 4.36. The summed E-state index contributed by atoms with van der Waals surface area (Å²) in [6.45, 7) is 10.1. The Labute approximate surface area is 91.8 Å². The van der Waals surface area contributed by atoms with Crippen LogP contribution in [0.25, 0.3) is 0 Å². The van der Waals surface area contributed by atoms with E-state index in [1.807, 2.05) is 13.8 Å². The minimum Gasteiger partial charge on any atom is -0.297 e. The van der Waals surface area contributed by atoms with E-state index in [-0.39, 0.29) is 6.04 Å². The summed E-state index contributed by atoms with van der Waals surface area (Å²) in [5, 5.41) is 0. The predicted molar refractivity (Wildman–Crippen MR) is 59.2 cm³/mol. The summed E-state index contributed by atoms with van der Waals surface area (Å²) in [6.07, 6.45) is 0.629. The van der Waals surface area contributed by atoms with Crippen LogP contribution < -0.4 is 0 Å².